The molecule has 2 N–H and O–H groups in total. The molecule has 0 radical (unpaired) electrons. The zero-order chi connectivity index (χ0) is 18.4. The molecule has 1 aromatic carbocycles. The third-order valence-electron chi connectivity index (χ3n) is 4.15. The summed E-state index contributed by atoms with van der Waals surface area (Å²) in [6.07, 6.45) is 0.704. The third kappa shape index (κ3) is 5.17. The summed E-state index contributed by atoms with van der Waals surface area (Å²) in [7, 11) is 0. The minimum atomic E-state index is -0.502. The number of hydrogen-bond donors (Lipinski definition) is 2. The Kier molecular flexibility index (Phi) is 5.96. The van der Waals surface area contributed by atoms with Gasteiger partial charge in [0.1, 0.15) is 6.61 Å². The van der Waals surface area contributed by atoms with Crippen molar-refractivity contribution in [2.24, 2.45) is 5.41 Å². The third-order valence-corrected chi connectivity index (χ3v) is 4.15. The van der Waals surface area contributed by atoms with Gasteiger partial charge in [-0.05, 0) is 45.4 Å². The first kappa shape index (κ1) is 18.7. The summed E-state index contributed by atoms with van der Waals surface area (Å²) in [5.41, 5.74) is 1.91. The molecule has 25 heavy (non-hydrogen) atoms. The molecule has 2 rings (SSSR count). The van der Waals surface area contributed by atoms with Gasteiger partial charge in [0.25, 0.3) is 0 Å². The van der Waals surface area contributed by atoms with Crippen molar-refractivity contribution in [1.82, 2.24) is 10.3 Å². The summed E-state index contributed by atoms with van der Waals surface area (Å²) in [6.45, 7) is 7.94. The van der Waals surface area contributed by atoms with E-state index in [4.69, 9.17) is 4.74 Å². The van der Waals surface area contributed by atoms with Crippen molar-refractivity contribution in [2.75, 3.05) is 18.5 Å². The molecule has 0 spiro atoms. The minimum Gasteiger partial charge on any atom is -0.463 e. The molecule has 6 nitrogen and oxygen atoms in total. The van der Waals surface area contributed by atoms with E-state index in [9.17, 15) is 9.59 Å². The average Bonchev–Trinajstić information content (AvgIpc) is 2.58. The lowest BCUT2D eigenvalue weighted by Gasteiger charge is -2.20. The van der Waals surface area contributed by atoms with Gasteiger partial charge >= 0.3 is 12.0 Å². The molecule has 0 aliphatic rings. The molecule has 2 aromatic rings. The van der Waals surface area contributed by atoms with Gasteiger partial charge in [-0.15, -0.1) is 0 Å². The Hall–Kier alpha value is -2.63. The molecule has 0 saturated heterocycles. The molecule has 1 aromatic heterocycles. The largest absolute Gasteiger partial charge is 0.463 e. The SMILES string of the molecule is CCC(C)(C)C(=O)OCCNC(=O)Nc1ccc2ccc(C)nc2c1. The summed E-state index contributed by atoms with van der Waals surface area (Å²) in [5.74, 6) is -0.256. The van der Waals surface area contributed by atoms with Crippen LogP contribution in [0.15, 0.2) is 30.3 Å². The monoisotopic (exact) mass is 343 g/mol. The first-order valence-electron chi connectivity index (χ1n) is 8.41. The number of nitrogens with zero attached hydrogens (tertiary/aromatic N) is 1. The van der Waals surface area contributed by atoms with Crippen LogP contribution in [-0.4, -0.2) is 30.1 Å². The van der Waals surface area contributed by atoms with Crippen molar-refractivity contribution in [3.8, 4) is 0 Å². The maximum atomic E-state index is 11.9. The van der Waals surface area contributed by atoms with Crippen LogP contribution in [0.4, 0.5) is 10.5 Å². The molecule has 0 saturated carbocycles. The van der Waals surface area contributed by atoms with Crippen LogP contribution in [0.25, 0.3) is 10.9 Å². The molecular weight excluding hydrogens is 318 g/mol. The van der Waals surface area contributed by atoms with Gasteiger partial charge in [-0.2, -0.15) is 0 Å². The molecule has 134 valence electrons. The number of pyridine rings is 1. The molecule has 0 atom stereocenters. The Morgan fingerprint density at radius 1 is 1.20 bits per heavy atom. The number of aryl methyl sites for hydroxylation is 1. The van der Waals surface area contributed by atoms with Gasteiger partial charge in [-0.3, -0.25) is 9.78 Å². The number of urea groups is 1. The first-order chi connectivity index (χ1) is 11.8. The molecule has 2 amide bonds. The number of fused-ring (bicyclic) bond motifs is 1. The van der Waals surface area contributed by atoms with E-state index in [1.807, 2.05) is 58.0 Å². The maximum absolute atomic E-state index is 11.9. The first-order valence-corrected chi connectivity index (χ1v) is 8.41. The highest BCUT2D eigenvalue weighted by atomic mass is 16.5. The quantitative estimate of drug-likeness (QED) is 0.620. The van der Waals surface area contributed by atoms with E-state index in [1.165, 1.54) is 0 Å². The van der Waals surface area contributed by atoms with Crippen LogP contribution in [0.3, 0.4) is 0 Å². The molecule has 0 fully saturated rings. The molecule has 0 aliphatic carbocycles. The standard InChI is InChI=1S/C19H25N3O3/c1-5-19(3,4)17(23)25-11-10-20-18(24)22-15-9-8-14-7-6-13(2)21-16(14)12-15/h6-9,12H,5,10-11H2,1-4H3,(H2,20,22,24). The lowest BCUT2D eigenvalue weighted by atomic mass is 9.91. The van der Waals surface area contributed by atoms with Crippen LogP contribution in [0.5, 0.6) is 0 Å². The van der Waals surface area contributed by atoms with E-state index >= 15 is 0 Å². The number of rotatable bonds is 6. The smallest absolute Gasteiger partial charge is 0.319 e. The second-order valence-corrected chi connectivity index (χ2v) is 6.61. The van der Waals surface area contributed by atoms with E-state index in [1.54, 1.807) is 0 Å². The number of benzene rings is 1. The predicted octanol–water partition coefficient (Wildman–Crippen LogP) is 3.64. The van der Waals surface area contributed by atoms with Crippen LogP contribution in [0.1, 0.15) is 32.9 Å². The van der Waals surface area contributed by atoms with Crippen LogP contribution in [-0.2, 0) is 9.53 Å². The molecule has 1 heterocycles. The number of ether oxygens (including phenoxy) is 1. The molecule has 0 bridgehead atoms. The van der Waals surface area contributed by atoms with E-state index in [-0.39, 0.29) is 25.2 Å². The predicted molar refractivity (Wildman–Crippen MR) is 98.5 cm³/mol. The van der Waals surface area contributed by atoms with Gasteiger partial charge in [-0.1, -0.05) is 19.1 Å². The van der Waals surface area contributed by atoms with Crippen molar-refractivity contribution in [3.63, 3.8) is 0 Å². The number of carbonyl (C=O) groups is 2. The van der Waals surface area contributed by atoms with Gasteiger partial charge in [0.2, 0.25) is 0 Å². The average molecular weight is 343 g/mol. The van der Waals surface area contributed by atoms with E-state index < -0.39 is 5.41 Å². The van der Waals surface area contributed by atoms with Crippen molar-refractivity contribution >= 4 is 28.6 Å². The molecule has 6 heteroatoms. The number of nitrogens with one attached hydrogen (secondary N) is 2. The van der Waals surface area contributed by atoms with E-state index in [0.29, 0.717) is 12.1 Å². The molecule has 0 unspecified atom stereocenters. The zero-order valence-corrected chi connectivity index (χ0v) is 15.2. The van der Waals surface area contributed by atoms with Crippen LogP contribution < -0.4 is 10.6 Å². The Morgan fingerprint density at radius 3 is 2.64 bits per heavy atom. The zero-order valence-electron chi connectivity index (χ0n) is 15.2. The Labute approximate surface area is 148 Å². The van der Waals surface area contributed by atoms with Gasteiger partial charge in [0.15, 0.2) is 0 Å². The summed E-state index contributed by atoms with van der Waals surface area (Å²) in [5, 5.41) is 6.44. The maximum Gasteiger partial charge on any atom is 0.319 e. The molecule has 0 aliphatic heterocycles. The normalized spacial score (nSPS) is 11.2. The van der Waals surface area contributed by atoms with Gasteiger partial charge < -0.3 is 15.4 Å². The topological polar surface area (TPSA) is 80.3 Å². The Morgan fingerprint density at radius 2 is 1.92 bits per heavy atom. The second-order valence-electron chi connectivity index (χ2n) is 6.61. The molecular formula is C19H25N3O3. The van der Waals surface area contributed by atoms with Gasteiger partial charge in [-0.25, -0.2) is 4.79 Å². The number of anilines is 1. The van der Waals surface area contributed by atoms with Crippen LogP contribution >= 0.6 is 0 Å². The second kappa shape index (κ2) is 7.96. The van der Waals surface area contributed by atoms with E-state index in [0.717, 1.165) is 16.6 Å². The fraction of sp³-hybridized carbons (Fsp3) is 0.421. The van der Waals surface area contributed by atoms with Crippen molar-refractivity contribution in [3.05, 3.63) is 36.0 Å². The van der Waals surface area contributed by atoms with Gasteiger partial charge in [0, 0.05) is 16.8 Å². The van der Waals surface area contributed by atoms with Crippen molar-refractivity contribution in [2.45, 2.75) is 34.1 Å². The highest BCUT2D eigenvalue weighted by Gasteiger charge is 2.26. The van der Waals surface area contributed by atoms with E-state index in [2.05, 4.69) is 15.6 Å². The number of carbonyl (C=O) groups excluding carboxylic acids is 2. The van der Waals surface area contributed by atoms with Crippen LogP contribution in [0, 0.1) is 12.3 Å². The summed E-state index contributed by atoms with van der Waals surface area (Å²) in [4.78, 5) is 28.2. The lowest BCUT2D eigenvalue weighted by molar-refractivity contribution is -0.153. The summed E-state index contributed by atoms with van der Waals surface area (Å²) >= 11 is 0. The fourth-order valence-corrected chi connectivity index (χ4v) is 2.12. The fourth-order valence-electron chi connectivity index (χ4n) is 2.12. The summed E-state index contributed by atoms with van der Waals surface area (Å²) in [6, 6.07) is 9.15. The van der Waals surface area contributed by atoms with Gasteiger partial charge in [0.05, 0.1) is 17.5 Å². The highest BCUT2D eigenvalue weighted by Crippen LogP contribution is 2.21. The van der Waals surface area contributed by atoms with Crippen molar-refractivity contribution < 1.29 is 14.3 Å². The highest BCUT2D eigenvalue weighted by molar-refractivity contribution is 5.92. The van der Waals surface area contributed by atoms with Crippen LogP contribution in [0.2, 0.25) is 0 Å². The summed E-state index contributed by atoms with van der Waals surface area (Å²) < 4.78 is 5.18. The van der Waals surface area contributed by atoms with Crippen molar-refractivity contribution in [1.29, 1.82) is 0 Å². The number of hydrogen-bond acceptors (Lipinski definition) is 4. The minimum absolute atomic E-state index is 0.147. The Balaban J connectivity index is 1.81. The number of aromatic nitrogens is 1. The Bertz CT molecular complexity index is 772. The number of amides is 2. The lowest BCUT2D eigenvalue weighted by Crippen LogP contribution is -2.34. The number of esters is 1.